The van der Waals surface area contributed by atoms with E-state index in [2.05, 4.69) is 0 Å². The second-order valence-electron chi connectivity index (χ2n) is 12.8. The Kier molecular flexibility index (Phi) is 9.30. The summed E-state index contributed by atoms with van der Waals surface area (Å²) < 4.78 is 64.7. The Morgan fingerprint density at radius 2 is 1.74 bits per heavy atom. The summed E-state index contributed by atoms with van der Waals surface area (Å²) in [7, 11) is -3.24. The smallest absolute Gasteiger partial charge is 0.306 e. The number of hydrogen-bond donors (Lipinski definition) is 0. The summed E-state index contributed by atoms with van der Waals surface area (Å²) in [5.41, 5.74) is 4.44. The minimum absolute atomic E-state index is 0.0559. The van der Waals surface area contributed by atoms with Gasteiger partial charge in [0.25, 0.3) is 0 Å². The van der Waals surface area contributed by atoms with Crippen molar-refractivity contribution in [2.75, 3.05) is 26.1 Å². The average Bonchev–Trinajstić information content (AvgIpc) is 3.60. The van der Waals surface area contributed by atoms with Crippen molar-refractivity contribution in [3.8, 4) is 28.4 Å². The quantitative estimate of drug-likeness (QED) is 0.222. The van der Waals surface area contributed by atoms with Crippen LogP contribution in [0.5, 0.6) is 17.2 Å². The molecular formula is C36H42FNO7S. The zero-order valence-corrected chi connectivity index (χ0v) is 27.6. The molecule has 3 aliphatic rings. The number of ether oxygens (including phenoxy) is 4. The van der Waals surface area contributed by atoms with E-state index < -0.39 is 16.1 Å². The van der Waals surface area contributed by atoms with Crippen molar-refractivity contribution < 1.29 is 36.6 Å². The summed E-state index contributed by atoms with van der Waals surface area (Å²) >= 11 is 0. The van der Waals surface area contributed by atoms with E-state index in [4.69, 9.17) is 18.9 Å². The highest BCUT2D eigenvalue weighted by Crippen LogP contribution is 2.44. The molecular weight excluding hydrogens is 609 g/mol. The number of halogens is 1. The number of carbonyl (C=O) groups is 1. The van der Waals surface area contributed by atoms with Crippen molar-refractivity contribution in [3.63, 3.8) is 0 Å². The van der Waals surface area contributed by atoms with Gasteiger partial charge < -0.3 is 18.9 Å². The summed E-state index contributed by atoms with van der Waals surface area (Å²) in [6.07, 6.45) is 3.98. The van der Waals surface area contributed by atoms with Crippen LogP contribution in [0.15, 0.2) is 54.6 Å². The number of rotatable bonds is 10. The lowest BCUT2D eigenvalue weighted by atomic mass is 9.89. The molecule has 0 radical (unpaired) electrons. The van der Waals surface area contributed by atoms with Gasteiger partial charge in [0.05, 0.1) is 32.5 Å². The maximum absolute atomic E-state index is 15.3. The molecule has 0 spiro atoms. The van der Waals surface area contributed by atoms with E-state index in [9.17, 15) is 13.2 Å². The topological polar surface area (TPSA) is 91.4 Å². The Balaban J connectivity index is 1.11. The first-order valence-electron chi connectivity index (χ1n) is 16.1. The van der Waals surface area contributed by atoms with Crippen LogP contribution in [0.25, 0.3) is 11.1 Å². The van der Waals surface area contributed by atoms with Crippen LogP contribution in [0, 0.1) is 11.7 Å². The third kappa shape index (κ3) is 6.74. The first kappa shape index (κ1) is 32.3. The van der Waals surface area contributed by atoms with Gasteiger partial charge in [0.1, 0.15) is 29.2 Å². The van der Waals surface area contributed by atoms with E-state index in [1.54, 1.807) is 11.2 Å². The van der Waals surface area contributed by atoms with Gasteiger partial charge in [-0.05, 0) is 93.3 Å². The monoisotopic (exact) mass is 651 g/mol. The third-order valence-corrected chi connectivity index (χ3v) is 10.9. The summed E-state index contributed by atoms with van der Waals surface area (Å²) in [6.45, 7) is 6.99. The Bertz CT molecular complexity index is 1680. The standard InChI is InChI=1S/C36H42FNO7S/c1-5-42-35(39)18-26-21-44-34-19-28(10-11-30(26)34)45-33-15-13-31-29(12-14-32(37)36(31)33)25-6-8-27(9-7-25)43-20-24-16-22(2)38(23(3)17-24)46(4,40)41/h6-12,14,19,22-24,26,33H,5,13,15-18,20-21H2,1-4H3/t22-,23?,24?,26?,33+/m1/s1. The van der Waals surface area contributed by atoms with E-state index in [0.29, 0.717) is 49.7 Å². The second-order valence-corrected chi connectivity index (χ2v) is 14.7. The Morgan fingerprint density at radius 3 is 2.43 bits per heavy atom. The molecule has 0 N–H and O–H groups in total. The summed E-state index contributed by atoms with van der Waals surface area (Å²) in [5.74, 6) is 1.73. The molecule has 0 aromatic heterocycles. The van der Waals surface area contributed by atoms with Crippen LogP contribution in [0.2, 0.25) is 0 Å². The zero-order valence-electron chi connectivity index (χ0n) is 26.8. The molecule has 3 unspecified atom stereocenters. The number of benzene rings is 3. The molecule has 3 aromatic carbocycles. The Labute approximate surface area is 270 Å². The van der Waals surface area contributed by atoms with Crippen LogP contribution >= 0.6 is 0 Å². The molecule has 6 rings (SSSR count). The third-order valence-electron chi connectivity index (χ3n) is 9.40. The molecule has 8 nitrogen and oxygen atoms in total. The van der Waals surface area contributed by atoms with Crippen LogP contribution in [0.3, 0.4) is 0 Å². The Hall–Kier alpha value is -3.63. The molecule has 1 saturated heterocycles. The van der Waals surface area contributed by atoms with Gasteiger partial charge in [0, 0.05) is 35.2 Å². The van der Waals surface area contributed by atoms with Crippen molar-refractivity contribution >= 4 is 16.0 Å². The fraction of sp³-hybridized carbons (Fsp3) is 0.472. The Morgan fingerprint density at radius 1 is 1.02 bits per heavy atom. The van der Waals surface area contributed by atoms with Gasteiger partial charge in [0.15, 0.2) is 0 Å². The predicted molar refractivity (Wildman–Crippen MR) is 173 cm³/mol. The molecule has 2 aliphatic heterocycles. The molecule has 2 heterocycles. The molecule has 46 heavy (non-hydrogen) atoms. The predicted octanol–water partition coefficient (Wildman–Crippen LogP) is 6.82. The second kappa shape index (κ2) is 13.2. The van der Waals surface area contributed by atoms with Crippen molar-refractivity contribution in [3.05, 3.63) is 77.1 Å². The van der Waals surface area contributed by atoms with Crippen LogP contribution in [0.4, 0.5) is 4.39 Å². The number of sulfonamides is 1. The first-order valence-corrected chi connectivity index (χ1v) is 18.0. The molecule has 0 bridgehead atoms. The highest BCUT2D eigenvalue weighted by atomic mass is 32.2. The molecule has 0 saturated carbocycles. The number of fused-ring (bicyclic) bond motifs is 2. The van der Waals surface area contributed by atoms with Crippen LogP contribution in [-0.2, 0) is 26.0 Å². The molecule has 10 heteroatoms. The molecule has 3 aromatic rings. The van der Waals surface area contributed by atoms with E-state index in [1.807, 2.05) is 62.4 Å². The van der Waals surface area contributed by atoms with Gasteiger partial charge in [-0.25, -0.2) is 12.8 Å². The van der Waals surface area contributed by atoms with E-state index >= 15 is 4.39 Å². The highest BCUT2D eigenvalue weighted by molar-refractivity contribution is 7.88. The summed E-state index contributed by atoms with van der Waals surface area (Å²) in [4.78, 5) is 12.0. The lowest BCUT2D eigenvalue weighted by Crippen LogP contribution is -2.50. The first-order chi connectivity index (χ1) is 22.0. The number of piperidine rings is 1. The normalized spacial score (nSPS) is 24.2. The van der Waals surface area contributed by atoms with Gasteiger partial charge in [-0.1, -0.05) is 24.3 Å². The molecule has 0 amide bonds. The molecule has 246 valence electrons. The number of esters is 1. The van der Waals surface area contributed by atoms with Crippen molar-refractivity contribution in [2.24, 2.45) is 5.92 Å². The molecule has 1 aliphatic carbocycles. The highest BCUT2D eigenvalue weighted by Gasteiger charge is 2.36. The lowest BCUT2D eigenvalue weighted by molar-refractivity contribution is -0.143. The van der Waals surface area contributed by atoms with E-state index in [0.717, 1.165) is 40.8 Å². The molecule has 1 fully saturated rings. The SMILES string of the molecule is CCOC(=O)CC1COc2cc(O[C@H]3CCc4c(-c5ccc(OCC6CC(C)N(S(C)(=O)=O)[C@H](C)C6)cc5)ccc(F)c43)ccc21. The fourth-order valence-electron chi connectivity index (χ4n) is 7.58. The minimum Gasteiger partial charge on any atom is -0.493 e. The van der Waals surface area contributed by atoms with E-state index in [1.165, 1.54) is 12.3 Å². The van der Waals surface area contributed by atoms with Gasteiger partial charge in [-0.3, -0.25) is 4.79 Å². The van der Waals surface area contributed by atoms with Crippen LogP contribution in [0.1, 0.15) is 75.2 Å². The van der Waals surface area contributed by atoms with Crippen LogP contribution < -0.4 is 14.2 Å². The zero-order chi connectivity index (χ0) is 32.6. The average molecular weight is 652 g/mol. The summed E-state index contributed by atoms with van der Waals surface area (Å²) in [5, 5.41) is 0. The maximum atomic E-state index is 15.3. The number of nitrogens with zero attached hydrogens (tertiary/aromatic N) is 1. The van der Waals surface area contributed by atoms with Gasteiger partial charge in [-0.2, -0.15) is 4.31 Å². The maximum Gasteiger partial charge on any atom is 0.306 e. The van der Waals surface area contributed by atoms with Gasteiger partial charge in [0.2, 0.25) is 10.0 Å². The van der Waals surface area contributed by atoms with Gasteiger partial charge in [-0.15, -0.1) is 0 Å². The fourth-order valence-corrected chi connectivity index (χ4v) is 9.06. The van der Waals surface area contributed by atoms with Crippen molar-refractivity contribution in [1.82, 2.24) is 4.31 Å². The van der Waals surface area contributed by atoms with Crippen molar-refractivity contribution in [1.29, 1.82) is 0 Å². The number of carbonyl (C=O) groups excluding carboxylic acids is 1. The van der Waals surface area contributed by atoms with Crippen molar-refractivity contribution in [2.45, 2.75) is 77.0 Å². The van der Waals surface area contributed by atoms with Gasteiger partial charge >= 0.3 is 5.97 Å². The van der Waals surface area contributed by atoms with Crippen LogP contribution in [-0.4, -0.2) is 56.9 Å². The lowest BCUT2D eigenvalue weighted by Gasteiger charge is -2.40. The number of hydrogen-bond acceptors (Lipinski definition) is 7. The largest absolute Gasteiger partial charge is 0.493 e. The minimum atomic E-state index is -3.24. The van der Waals surface area contributed by atoms with E-state index in [-0.39, 0.29) is 42.1 Å². The molecule has 5 atom stereocenters. The summed E-state index contributed by atoms with van der Waals surface area (Å²) in [6, 6.07) is 16.7.